The van der Waals surface area contributed by atoms with Gasteiger partial charge >= 0.3 is 0 Å². The van der Waals surface area contributed by atoms with Crippen molar-refractivity contribution in [3.05, 3.63) is 114 Å². The minimum absolute atomic E-state index is 0.0258. The van der Waals surface area contributed by atoms with Crippen LogP contribution in [0.2, 0.25) is 0 Å². The molecule has 1 aliphatic heterocycles. The van der Waals surface area contributed by atoms with Gasteiger partial charge in [-0.05, 0) is 65.6 Å². The number of aryl methyl sites for hydroxylation is 1. The first-order valence-electron chi connectivity index (χ1n) is 13.4. The highest BCUT2D eigenvalue weighted by molar-refractivity contribution is 5.92. The molecule has 0 saturated carbocycles. The van der Waals surface area contributed by atoms with Gasteiger partial charge in [0, 0.05) is 37.6 Å². The smallest absolute Gasteiger partial charge is 0.228 e. The average molecular weight is 514 g/mol. The van der Waals surface area contributed by atoms with Crippen molar-refractivity contribution >= 4 is 34.1 Å². The van der Waals surface area contributed by atoms with Crippen LogP contribution in [0.4, 0.5) is 17.2 Å². The fourth-order valence-electron chi connectivity index (χ4n) is 5.08. The molecule has 1 fully saturated rings. The van der Waals surface area contributed by atoms with Crippen LogP contribution in [-0.4, -0.2) is 42.1 Å². The second-order valence-electron chi connectivity index (χ2n) is 10.0. The second kappa shape index (κ2) is 11.0. The molecular weight excluding hydrogens is 482 g/mol. The lowest BCUT2D eigenvalue weighted by Gasteiger charge is -2.36. The number of fused-ring (bicyclic) bond motifs is 1. The molecule has 2 heterocycles. The topological polar surface area (TPSA) is 61.4 Å². The van der Waals surface area contributed by atoms with E-state index in [1.165, 1.54) is 11.3 Å². The maximum Gasteiger partial charge on any atom is 0.228 e. The molecule has 5 aromatic rings. The van der Waals surface area contributed by atoms with Gasteiger partial charge in [0.05, 0.1) is 23.7 Å². The van der Waals surface area contributed by atoms with Crippen molar-refractivity contribution in [1.29, 1.82) is 0 Å². The number of amides is 1. The summed E-state index contributed by atoms with van der Waals surface area (Å²) in [6.07, 6.45) is 2.24. The van der Waals surface area contributed by atoms with Crippen molar-refractivity contribution in [3.8, 4) is 11.1 Å². The first-order valence-corrected chi connectivity index (χ1v) is 13.4. The van der Waals surface area contributed by atoms with Gasteiger partial charge in [-0.25, -0.2) is 4.98 Å². The maximum absolute atomic E-state index is 12.4. The van der Waals surface area contributed by atoms with Crippen molar-refractivity contribution < 1.29 is 4.79 Å². The molecule has 4 aromatic carbocycles. The number of hydrogen-bond acceptors (Lipinski definition) is 5. The molecule has 1 N–H and O–H groups in total. The van der Waals surface area contributed by atoms with Gasteiger partial charge < -0.3 is 15.1 Å². The highest BCUT2D eigenvalue weighted by Gasteiger charge is 2.19. The van der Waals surface area contributed by atoms with Crippen LogP contribution >= 0.6 is 0 Å². The van der Waals surface area contributed by atoms with Crippen LogP contribution in [0.5, 0.6) is 0 Å². The largest absolute Gasteiger partial charge is 0.368 e. The molecule has 0 aliphatic carbocycles. The predicted molar refractivity (Wildman–Crippen MR) is 159 cm³/mol. The van der Waals surface area contributed by atoms with E-state index in [9.17, 15) is 4.79 Å². The third-order valence-corrected chi connectivity index (χ3v) is 7.21. The third kappa shape index (κ3) is 5.75. The van der Waals surface area contributed by atoms with Gasteiger partial charge in [-0.2, -0.15) is 0 Å². The summed E-state index contributed by atoms with van der Waals surface area (Å²) < 4.78 is 0. The van der Waals surface area contributed by atoms with Crippen molar-refractivity contribution in [2.24, 2.45) is 0 Å². The monoisotopic (exact) mass is 513 g/mol. The Morgan fingerprint density at radius 1 is 0.769 bits per heavy atom. The summed E-state index contributed by atoms with van der Waals surface area (Å²) >= 11 is 0. The number of aromatic nitrogens is 2. The second-order valence-corrected chi connectivity index (χ2v) is 10.0. The van der Waals surface area contributed by atoms with E-state index in [0.717, 1.165) is 65.4 Å². The van der Waals surface area contributed by atoms with Crippen LogP contribution in [0, 0.1) is 6.92 Å². The number of carbonyl (C=O) groups is 1. The fraction of sp³-hybridized carbons (Fsp3) is 0.182. The Morgan fingerprint density at radius 2 is 1.51 bits per heavy atom. The Bertz CT molecular complexity index is 1590. The summed E-state index contributed by atoms with van der Waals surface area (Å²) in [6, 6.07) is 32.6. The minimum atomic E-state index is -0.0258. The van der Waals surface area contributed by atoms with Crippen LogP contribution in [-0.2, 0) is 11.2 Å². The van der Waals surface area contributed by atoms with E-state index in [1.807, 2.05) is 66.9 Å². The molecule has 0 atom stereocenters. The number of hydrogen-bond donors (Lipinski definition) is 1. The number of nitrogens with one attached hydrogen (secondary N) is 1. The molecule has 0 radical (unpaired) electrons. The molecule has 1 aliphatic rings. The number of piperazine rings is 1. The Morgan fingerprint density at radius 3 is 2.28 bits per heavy atom. The van der Waals surface area contributed by atoms with Gasteiger partial charge in [0.1, 0.15) is 5.82 Å². The van der Waals surface area contributed by atoms with Crippen LogP contribution < -0.4 is 15.1 Å². The van der Waals surface area contributed by atoms with E-state index in [4.69, 9.17) is 9.97 Å². The van der Waals surface area contributed by atoms with Crippen LogP contribution in [0.1, 0.15) is 11.1 Å². The zero-order chi connectivity index (χ0) is 26.6. The molecular formula is C33H31N5O. The van der Waals surface area contributed by atoms with E-state index < -0.39 is 0 Å². The van der Waals surface area contributed by atoms with Crippen molar-refractivity contribution in [1.82, 2.24) is 9.97 Å². The molecule has 6 nitrogen and oxygen atoms in total. The highest BCUT2D eigenvalue weighted by Crippen LogP contribution is 2.26. The van der Waals surface area contributed by atoms with Crippen molar-refractivity contribution in [2.45, 2.75) is 13.3 Å². The van der Waals surface area contributed by atoms with Crippen molar-refractivity contribution in [3.63, 3.8) is 0 Å². The molecule has 0 spiro atoms. The maximum atomic E-state index is 12.4. The first-order chi connectivity index (χ1) is 19.1. The molecule has 39 heavy (non-hydrogen) atoms. The zero-order valence-corrected chi connectivity index (χ0v) is 22.0. The summed E-state index contributed by atoms with van der Waals surface area (Å²) in [5.74, 6) is 0.891. The normalized spacial score (nSPS) is 13.5. The molecule has 1 saturated heterocycles. The third-order valence-electron chi connectivity index (χ3n) is 7.21. The van der Waals surface area contributed by atoms with Gasteiger partial charge in [-0.15, -0.1) is 0 Å². The van der Waals surface area contributed by atoms with Crippen LogP contribution in [0.3, 0.4) is 0 Å². The van der Waals surface area contributed by atoms with E-state index in [2.05, 4.69) is 58.4 Å². The van der Waals surface area contributed by atoms with E-state index in [0.29, 0.717) is 6.42 Å². The molecule has 6 heteroatoms. The average Bonchev–Trinajstić information content (AvgIpc) is 2.97. The summed E-state index contributed by atoms with van der Waals surface area (Å²) in [5, 5.41) is 2.99. The van der Waals surface area contributed by atoms with Crippen LogP contribution in [0.15, 0.2) is 103 Å². The molecule has 194 valence electrons. The molecule has 0 unspecified atom stereocenters. The lowest BCUT2D eigenvalue weighted by molar-refractivity contribution is -0.115. The predicted octanol–water partition coefficient (Wildman–Crippen LogP) is 6.11. The molecule has 1 aromatic heterocycles. The lowest BCUT2D eigenvalue weighted by atomic mass is 10.0. The Labute approximate surface area is 229 Å². The van der Waals surface area contributed by atoms with Gasteiger partial charge in [0.15, 0.2) is 0 Å². The van der Waals surface area contributed by atoms with E-state index in [-0.39, 0.29) is 5.91 Å². The standard InChI is InChI=1S/C33H31N5O/c1-24-6-5-9-29(20-24)37-16-18-38(19-17-37)32-23-34-30-15-12-27(22-31(30)36-32)26-10-13-28(14-11-26)35-33(39)21-25-7-3-2-4-8-25/h2-15,20,22-23H,16-19,21H2,1H3,(H,35,39). The van der Waals surface area contributed by atoms with Crippen molar-refractivity contribution in [2.75, 3.05) is 41.3 Å². The summed E-state index contributed by atoms with van der Waals surface area (Å²) in [7, 11) is 0. The highest BCUT2D eigenvalue weighted by atomic mass is 16.1. The number of anilines is 3. The Hall–Kier alpha value is -4.71. The molecule has 6 rings (SSSR count). The summed E-state index contributed by atoms with van der Waals surface area (Å²) in [5.41, 5.74) is 8.25. The van der Waals surface area contributed by atoms with E-state index >= 15 is 0 Å². The first kappa shape index (κ1) is 24.6. The summed E-state index contributed by atoms with van der Waals surface area (Å²) in [4.78, 5) is 26.8. The number of benzene rings is 4. The van der Waals surface area contributed by atoms with Gasteiger partial charge in [0.2, 0.25) is 5.91 Å². The minimum Gasteiger partial charge on any atom is -0.368 e. The fourth-order valence-corrected chi connectivity index (χ4v) is 5.08. The Kier molecular flexibility index (Phi) is 6.91. The van der Waals surface area contributed by atoms with Gasteiger partial charge in [-0.1, -0.05) is 60.7 Å². The lowest BCUT2D eigenvalue weighted by Crippen LogP contribution is -2.46. The quantitative estimate of drug-likeness (QED) is 0.297. The SMILES string of the molecule is Cc1cccc(N2CCN(c3cnc4ccc(-c5ccc(NC(=O)Cc6ccccc6)cc5)cc4n3)CC2)c1. The Balaban J connectivity index is 1.13. The number of nitrogens with zero attached hydrogens (tertiary/aromatic N) is 4. The van der Waals surface area contributed by atoms with E-state index in [1.54, 1.807) is 0 Å². The number of rotatable bonds is 6. The number of carbonyl (C=O) groups excluding carboxylic acids is 1. The molecule has 0 bridgehead atoms. The van der Waals surface area contributed by atoms with Gasteiger partial charge in [-0.3, -0.25) is 9.78 Å². The molecule has 1 amide bonds. The summed E-state index contributed by atoms with van der Waals surface area (Å²) in [6.45, 7) is 5.86. The van der Waals surface area contributed by atoms with Crippen LogP contribution in [0.25, 0.3) is 22.2 Å². The van der Waals surface area contributed by atoms with Gasteiger partial charge in [0.25, 0.3) is 0 Å². The zero-order valence-electron chi connectivity index (χ0n) is 22.0.